The van der Waals surface area contributed by atoms with Gasteiger partial charge in [-0.15, -0.1) is 11.8 Å². The highest BCUT2D eigenvalue weighted by Crippen LogP contribution is 2.33. The molecule has 5 nitrogen and oxygen atoms in total. The van der Waals surface area contributed by atoms with Crippen LogP contribution in [0.4, 0.5) is 27.6 Å². The molecule has 0 radical (unpaired) electrons. The maximum atomic E-state index is 14.3. The third kappa shape index (κ3) is 5.28. The number of phenolic OH excluding ortho intramolecular Hbond substituents is 1. The van der Waals surface area contributed by atoms with Gasteiger partial charge in [0, 0.05) is 16.3 Å². The van der Waals surface area contributed by atoms with Gasteiger partial charge in [-0.25, -0.2) is 22.0 Å². The molecule has 0 aliphatic carbocycles. The fourth-order valence-corrected chi connectivity index (χ4v) is 4.01. The number of nitro groups is 1. The molecule has 0 saturated carbocycles. The highest BCUT2D eigenvalue weighted by Gasteiger charge is 2.31. The molecular weight excluding hydrogens is 549 g/mol. The van der Waals surface area contributed by atoms with Gasteiger partial charge in [0.2, 0.25) is 11.6 Å². The first-order valence-corrected chi connectivity index (χ1v) is 10.9. The fourth-order valence-electron chi connectivity index (χ4n) is 2.78. The molecule has 0 saturated heterocycles. The quantitative estimate of drug-likeness (QED) is 0.0646. The number of allylic oxidation sites excluding steroid dienone is 1. The molecule has 0 aliphatic rings. The minimum Gasteiger partial charge on any atom is -0.502 e. The number of phenols is 1. The molecule has 0 heterocycles. The molecule has 176 valence electrons. The maximum Gasteiger partial charge on any atom is 0.310 e. The largest absolute Gasteiger partial charge is 0.502 e. The molecule has 0 atom stereocenters. The molecule has 1 N–H and O–H groups in total. The Morgan fingerprint density at radius 1 is 0.971 bits per heavy atom. The van der Waals surface area contributed by atoms with E-state index >= 15 is 0 Å². The van der Waals surface area contributed by atoms with E-state index in [2.05, 4.69) is 15.9 Å². The van der Waals surface area contributed by atoms with Gasteiger partial charge in [0.1, 0.15) is 5.56 Å². The second-order valence-electron chi connectivity index (χ2n) is 6.70. The topological polar surface area (TPSA) is 80.4 Å². The summed E-state index contributed by atoms with van der Waals surface area (Å²) in [5.41, 5.74) is -1.60. The number of Topliss-reactive ketones (excluding diaryl/α,β-unsaturated/α-hetero) is 1. The van der Waals surface area contributed by atoms with Crippen molar-refractivity contribution in [3.8, 4) is 5.75 Å². The van der Waals surface area contributed by atoms with Gasteiger partial charge in [-0.3, -0.25) is 14.9 Å². The van der Waals surface area contributed by atoms with Crippen molar-refractivity contribution in [1.29, 1.82) is 0 Å². The van der Waals surface area contributed by atoms with Crippen LogP contribution in [0.2, 0.25) is 0 Å². The molecule has 0 amide bonds. The lowest BCUT2D eigenvalue weighted by molar-refractivity contribution is -0.385. The molecule has 12 heteroatoms. The van der Waals surface area contributed by atoms with Crippen molar-refractivity contribution in [2.24, 2.45) is 0 Å². The second-order valence-corrected chi connectivity index (χ2v) is 8.64. The van der Waals surface area contributed by atoms with Crippen molar-refractivity contribution in [2.45, 2.75) is 5.75 Å². The highest BCUT2D eigenvalue weighted by molar-refractivity contribution is 9.10. The van der Waals surface area contributed by atoms with Crippen molar-refractivity contribution in [2.75, 3.05) is 0 Å². The van der Waals surface area contributed by atoms with E-state index in [0.29, 0.717) is 5.56 Å². The molecule has 3 rings (SSSR count). The predicted molar refractivity (Wildman–Crippen MR) is 119 cm³/mol. The van der Waals surface area contributed by atoms with E-state index in [-0.39, 0.29) is 11.3 Å². The van der Waals surface area contributed by atoms with Crippen LogP contribution in [0, 0.1) is 39.2 Å². The Kier molecular flexibility index (Phi) is 7.72. The summed E-state index contributed by atoms with van der Waals surface area (Å²) in [7, 11) is 0. The number of hydrogen-bond donors (Lipinski definition) is 1. The minimum absolute atomic E-state index is 0.0126. The van der Waals surface area contributed by atoms with Gasteiger partial charge >= 0.3 is 5.69 Å². The van der Waals surface area contributed by atoms with Gasteiger partial charge in [-0.05, 0) is 41.5 Å². The lowest BCUT2D eigenvalue weighted by atomic mass is 10.1. The lowest BCUT2D eigenvalue weighted by Gasteiger charge is -2.11. The van der Waals surface area contributed by atoms with Crippen LogP contribution in [0.25, 0.3) is 6.08 Å². The van der Waals surface area contributed by atoms with Crippen LogP contribution in [-0.2, 0) is 5.75 Å². The number of nitrogens with zero attached hydrogens (tertiary/aromatic N) is 1. The summed E-state index contributed by atoms with van der Waals surface area (Å²) >= 11 is 3.99. The number of aromatic hydroxyl groups is 1. The van der Waals surface area contributed by atoms with Crippen LogP contribution in [0.15, 0.2) is 51.8 Å². The first-order valence-electron chi connectivity index (χ1n) is 9.13. The number of rotatable bonds is 7. The molecular formula is C22H11BrF5NO4S. The van der Waals surface area contributed by atoms with E-state index in [1.807, 2.05) is 0 Å². The van der Waals surface area contributed by atoms with Crippen molar-refractivity contribution < 1.29 is 36.8 Å². The van der Waals surface area contributed by atoms with Crippen LogP contribution in [0.5, 0.6) is 5.75 Å². The number of thioether (sulfide) groups is 1. The number of ketones is 1. The van der Waals surface area contributed by atoms with Crippen LogP contribution >= 0.6 is 27.7 Å². The molecule has 3 aromatic rings. The Hall–Kier alpha value is -3.25. The molecule has 0 fully saturated rings. The lowest BCUT2D eigenvalue weighted by Crippen LogP contribution is -2.13. The summed E-state index contributed by atoms with van der Waals surface area (Å²) in [6, 6.07) is 9.73. The highest BCUT2D eigenvalue weighted by atomic mass is 79.9. The summed E-state index contributed by atoms with van der Waals surface area (Å²) in [5, 5.41) is 20.7. The van der Waals surface area contributed by atoms with E-state index in [0.717, 1.165) is 40.5 Å². The molecule has 34 heavy (non-hydrogen) atoms. The maximum absolute atomic E-state index is 14.3. The first-order chi connectivity index (χ1) is 16.0. The van der Waals surface area contributed by atoms with E-state index < -0.39 is 61.7 Å². The molecule has 0 aliphatic heterocycles. The zero-order valence-electron chi connectivity index (χ0n) is 16.6. The predicted octanol–water partition coefficient (Wildman–Crippen LogP) is 6.92. The van der Waals surface area contributed by atoms with E-state index in [1.54, 1.807) is 24.3 Å². The molecule has 3 aromatic carbocycles. The Bertz CT molecular complexity index is 1300. The van der Waals surface area contributed by atoms with Crippen molar-refractivity contribution >= 4 is 45.2 Å². The minimum atomic E-state index is -2.40. The number of benzene rings is 3. The zero-order valence-corrected chi connectivity index (χ0v) is 19.0. The summed E-state index contributed by atoms with van der Waals surface area (Å²) in [6.45, 7) is 0. The second kappa shape index (κ2) is 10.3. The van der Waals surface area contributed by atoms with Crippen LogP contribution in [-0.4, -0.2) is 15.8 Å². The SMILES string of the molecule is O=C(C(=Cc1ccc([N+](=O)[O-])c(O)c1)SCc1ccc(Br)cc1)c1c(F)c(F)c(F)c(F)c1F. The standard InChI is InChI=1S/C22H11BrF5NO4S/c23-12-4-1-10(2-5-12)9-34-15(8-11-3-6-13(29(32)33)14(30)7-11)22(31)16-17(24)19(26)21(28)20(27)18(16)25/h1-8,30H,9H2. The van der Waals surface area contributed by atoms with Gasteiger partial charge in [-0.2, -0.15) is 0 Å². The van der Waals surface area contributed by atoms with Crippen molar-refractivity contribution in [1.82, 2.24) is 0 Å². The Balaban J connectivity index is 2.09. The average molecular weight is 560 g/mol. The average Bonchev–Trinajstić information content (AvgIpc) is 2.80. The Morgan fingerprint density at radius 3 is 2.06 bits per heavy atom. The summed E-state index contributed by atoms with van der Waals surface area (Å²) in [6.07, 6.45) is 1.02. The Morgan fingerprint density at radius 2 is 1.53 bits per heavy atom. The molecule has 0 spiro atoms. The van der Waals surface area contributed by atoms with Gasteiger partial charge in [0.15, 0.2) is 29.0 Å². The number of hydrogen-bond acceptors (Lipinski definition) is 5. The summed E-state index contributed by atoms with van der Waals surface area (Å²) < 4.78 is 70.1. The van der Waals surface area contributed by atoms with Crippen LogP contribution < -0.4 is 0 Å². The van der Waals surface area contributed by atoms with Crippen molar-refractivity contribution in [3.63, 3.8) is 0 Å². The van der Waals surface area contributed by atoms with Gasteiger partial charge in [-0.1, -0.05) is 28.1 Å². The monoisotopic (exact) mass is 559 g/mol. The van der Waals surface area contributed by atoms with E-state index in [9.17, 15) is 42.0 Å². The summed E-state index contributed by atoms with van der Waals surface area (Å²) in [5.74, 6) is -13.7. The van der Waals surface area contributed by atoms with Crippen LogP contribution in [0.1, 0.15) is 21.5 Å². The van der Waals surface area contributed by atoms with E-state index in [1.165, 1.54) is 0 Å². The van der Waals surface area contributed by atoms with E-state index in [4.69, 9.17) is 0 Å². The number of halogens is 6. The molecule has 0 bridgehead atoms. The first kappa shape index (κ1) is 25.4. The third-order valence-corrected chi connectivity index (χ3v) is 6.08. The van der Waals surface area contributed by atoms with Gasteiger partial charge in [0.05, 0.1) is 9.83 Å². The van der Waals surface area contributed by atoms with Gasteiger partial charge in [0.25, 0.3) is 0 Å². The normalized spacial score (nSPS) is 11.5. The smallest absolute Gasteiger partial charge is 0.310 e. The molecule has 0 aromatic heterocycles. The van der Waals surface area contributed by atoms with Gasteiger partial charge < -0.3 is 5.11 Å². The summed E-state index contributed by atoms with van der Waals surface area (Å²) in [4.78, 5) is 22.5. The zero-order chi connectivity index (χ0) is 25.2. The Labute approximate surface area is 201 Å². The fraction of sp³-hybridized carbons (Fsp3) is 0.0455. The van der Waals surface area contributed by atoms with Crippen LogP contribution in [0.3, 0.4) is 0 Å². The number of carbonyl (C=O) groups excluding carboxylic acids is 1. The third-order valence-electron chi connectivity index (χ3n) is 4.46. The van der Waals surface area contributed by atoms with Crippen molar-refractivity contribution in [3.05, 3.63) is 108 Å². The molecule has 0 unspecified atom stereocenters. The number of nitro benzene ring substituents is 1. The number of carbonyl (C=O) groups is 1.